The molecular weight excluding hydrogens is 371 g/mol. The third-order valence-electron chi connectivity index (χ3n) is 4.79. The second-order valence-corrected chi connectivity index (χ2v) is 7.16. The number of nitrogens with one attached hydrogen (secondary N) is 3. The van der Waals surface area contributed by atoms with Crippen molar-refractivity contribution in [2.24, 2.45) is 4.99 Å². The molecule has 0 spiro atoms. The Morgan fingerprint density at radius 3 is 2.72 bits per heavy atom. The highest BCUT2D eigenvalue weighted by Crippen LogP contribution is 2.12. The molecule has 0 saturated carbocycles. The van der Waals surface area contributed by atoms with Crippen molar-refractivity contribution < 1.29 is 9.18 Å². The molecule has 0 unspecified atom stereocenters. The van der Waals surface area contributed by atoms with E-state index in [-0.39, 0.29) is 24.3 Å². The Balaban J connectivity index is 1.87. The van der Waals surface area contributed by atoms with Crippen molar-refractivity contribution in [3.63, 3.8) is 0 Å². The standard InChI is InChI=1S/C21H31FN6O/c1-3-9-25-20(29)15-28-10-7-18(8-11-28)27-21(24-4-2)26-14-17-12-16(13-23)5-6-19(17)22/h5-6,12,18H,3-4,7-11,14-15H2,1-2H3,(H,25,29)(H2,24,26,27). The van der Waals surface area contributed by atoms with Gasteiger partial charge in [-0.1, -0.05) is 6.92 Å². The maximum atomic E-state index is 14.0. The number of piperidine rings is 1. The lowest BCUT2D eigenvalue weighted by atomic mass is 10.1. The molecular formula is C21H31FN6O. The van der Waals surface area contributed by atoms with E-state index in [0.29, 0.717) is 30.2 Å². The van der Waals surface area contributed by atoms with Gasteiger partial charge in [0.15, 0.2) is 5.96 Å². The van der Waals surface area contributed by atoms with Gasteiger partial charge in [-0.2, -0.15) is 5.26 Å². The maximum Gasteiger partial charge on any atom is 0.234 e. The summed E-state index contributed by atoms with van der Waals surface area (Å²) in [5.41, 5.74) is 0.819. The zero-order chi connectivity index (χ0) is 21.1. The van der Waals surface area contributed by atoms with E-state index >= 15 is 0 Å². The Morgan fingerprint density at radius 1 is 1.31 bits per heavy atom. The van der Waals surface area contributed by atoms with Crippen LogP contribution in [-0.2, 0) is 11.3 Å². The van der Waals surface area contributed by atoms with Crippen molar-refractivity contribution in [3.05, 3.63) is 35.1 Å². The Morgan fingerprint density at radius 2 is 2.07 bits per heavy atom. The summed E-state index contributed by atoms with van der Waals surface area (Å²) < 4.78 is 14.0. The molecule has 0 bridgehead atoms. The number of nitriles is 1. The third kappa shape index (κ3) is 7.70. The Labute approximate surface area is 172 Å². The zero-order valence-electron chi connectivity index (χ0n) is 17.3. The third-order valence-corrected chi connectivity index (χ3v) is 4.79. The van der Waals surface area contributed by atoms with Crippen LogP contribution in [0.1, 0.15) is 44.2 Å². The van der Waals surface area contributed by atoms with E-state index in [1.807, 2.05) is 19.9 Å². The summed E-state index contributed by atoms with van der Waals surface area (Å²) in [7, 11) is 0. The SMILES string of the molecule is CCCNC(=O)CN1CCC(NC(=NCc2cc(C#N)ccc2F)NCC)CC1. The minimum absolute atomic E-state index is 0.0785. The molecule has 1 aromatic carbocycles. The van der Waals surface area contributed by atoms with Crippen LogP contribution in [0.15, 0.2) is 23.2 Å². The van der Waals surface area contributed by atoms with Gasteiger partial charge in [0.05, 0.1) is 24.7 Å². The summed E-state index contributed by atoms with van der Waals surface area (Å²) in [5.74, 6) is 0.349. The van der Waals surface area contributed by atoms with E-state index in [0.717, 1.165) is 38.9 Å². The van der Waals surface area contributed by atoms with Crippen LogP contribution in [0.2, 0.25) is 0 Å². The quantitative estimate of drug-likeness (QED) is 0.455. The summed E-state index contributed by atoms with van der Waals surface area (Å²) in [4.78, 5) is 18.5. The number of aliphatic imine (C=N–C) groups is 1. The molecule has 1 aromatic rings. The fraction of sp³-hybridized carbons (Fsp3) is 0.571. The van der Waals surface area contributed by atoms with Gasteiger partial charge in [-0.05, 0) is 44.4 Å². The highest BCUT2D eigenvalue weighted by Gasteiger charge is 2.21. The van der Waals surface area contributed by atoms with Gasteiger partial charge in [-0.3, -0.25) is 9.69 Å². The molecule has 1 aliphatic heterocycles. The van der Waals surface area contributed by atoms with Crippen molar-refractivity contribution in [1.29, 1.82) is 5.26 Å². The Kier molecular flexibility index (Phi) is 9.38. The molecule has 2 rings (SSSR count). The number of halogens is 1. The van der Waals surface area contributed by atoms with E-state index in [2.05, 4.69) is 25.8 Å². The Bertz CT molecular complexity index is 737. The van der Waals surface area contributed by atoms with Crippen LogP contribution < -0.4 is 16.0 Å². The smallest absolute Gasteiger partial charge is 0.234 e. The van der Waals surface area contributed by atoms with Crippen molar-refractivity contribution in [2.75, 3.05) is 32.7 Å². The van der Waals surface area contributed by atoms with E-state index in [1.54, 1.807) is 0 Å². The maximum absolute atomic E-state index is 14.0. The summed E-state index contributed by atoms with van der Waals surface area (Å²) >= 11 is 0. The van der Waals surface area contributed by atoms with Crippen LogP contribution in [-0.4, -0.2) is 55.5 Å². The molecule has 0 atom stereocenters. The summed E-state index contributed by atoms with van der Waals surface area (Å²) in [6.45, 7) is 7.72. The predicted octanol–water partition coefficient (Wildman–Crippen LogP) is 1.74. The van der Waals surface area contributed by atoms with E-state index in [4.69, 9.17) is 5.26 Å². The molecule has 1 fully saturated rings. The summed E-state index contributed by atoms with van der Waals surface area (Å²) in [6.07, 6.45) is 2.75. The van der Waals surface area contributed by atoms with Crippen LogP contribution >= 0.6 is 0 Å². The zero-order valence-corrected chi connectivity index (χ0v) is 17.3. The van der Waals surface area contributed by atoms with Crippen molar-refractivity contribution in [2.45, 2.75) is 45.7 Å². The predicted molar refractivity (Wildman–Crippen MR) is 112 cm³/mol. The van der Waals surface area contributed by atoms with Crippen molar-refractivity contribution in [3.8, 4) is 6.07 Å². The fourth-order valence-electron chi connectivity index (χ4n) is 3.20. The molecule has 29 heavy (non-hydrogen) atoms. The topological polar surface area (TPSA) is 92.6 Å². The van der Waals surface area contributed by atoms with Crippen molar-refractivity contribution >= 4 is 11.9 Å². The number of carbonyl (C=O) groups is 1. The molecule has 8 heteroatoms. The van der Waals surface area contributed by atoms with Crippen LogP contribution in [0.5, 0.6) is 0 Å². The minimum Gasteiger partial charge on any atom is -0.357 e. The van der Waals surface area contributed by atoms with Crippen LogP contribution in [0.25, 0.3) is 0 Å². The minimum atomic E-state index is -0.363. The first-order valence-corrected chi connectivity index (χ1v) is 10.3. The summed E-state index contributed by atoms with van der Waals surface area (Å²) in [5, 5.41) is 18.5. The van der Waals surface area contributed by atoms with Gasteiger partial charge in [0, 0.05) is 37.8 Å². The second kappa shape index (κ2) is 12.0. The van der Waals surface area contributed by atoms with Crippen LogP contribution in [0.3, 0.4) is 0 Å². The van der Waals surface area contributed by atoms with Crippen LogP contribution in [0, 0.1) is 17.1 Å². The average Bonchev–Trinajstić information content (AvgIpc) is 2.73. The lowest BCUT2D eigenvalue weighted by molar-refractivity contribution is -0.122. The molecule has 0 aliphatic carbocycles. The molecule has 3 N–H and O–H groups in total. The number of benzene rings is 1. The highest BCUT2D eigenvalue weighted by molar-refractivity contribution is 5.80. The highest BCUT2D eigenvalue weighted by atomic mass is 19.1. The van der Waals surface area contributed by atoms with Gasteiger partial charge in [0.25, 0.3) is 0 Å². The summed E-state index contributed by atoms with van der Waals surface area (Å²) in [6, 6.07) is 6.57. The molecule has 158 valence electrons. The normalized spacial score (nSPS) is 15.6. The first kappa shape index (κ1) is 22.6. The molecule has 1 saturated heterocycles. The van der Waals surface area contributed by atoms with E-state index in [1.165, 1.54) is 18.2 Å². The molecule has 1 amide bonds. The largest absolute Gasteiger partial charge is 0.357 e. The number of amides is 1. The van der Waals surface area contributed by atoms with Gasteiger partial charge < -0.3 is 16.0 Å². The number of rotatable bonds is 8. The lowest BCUT2D eigenvalue weighted by Gasteiger charge is -2.32. The monoisotopic (exact) mass is 402 g/mol. The number of hydrogen-bond acceptors (Lipinski definition) is 4. The van der Waals surface area contributed by atoms with Gasteiger partial charge in [-0.25, -0.2) is 9.38 Å². The van der Waals surface area contributed by atoms with E-state index in [9.17, 15) is 9.18 Å². The number of guanidine groups is 1. The van der Waals surface area contributed by atoms with E-state index < -0.39 is 0 Å². The Hall–Kier alpha value is -2.66. The molecule has 7 nitrogen and oxygen atoms in total. The fourth-order valence-corrected chi connectivity index (χ4v) is 3.20. The molecule has 1 heterocycles. The van der Waals surface area contributed by atoms with Gasteiger partial charge in [0.2, 0.25) is 5.91 Å². The molecule has 1 aliphatic rings. The number of hydrogen-bond donors (Lipinski definition) is 3. The molecule has 0 aromatic heterocycles. The average molecular weight is 403 g/mol. The van der Waals surface area contributed by atoms with Crippen molar-refractivity contribution in [1.82, 2.24) is 20.9 Å². The number of nitrogens with zero attached hydrogens (tertiary/aromatic N) is 3. The molecule has 0 radical (unpaired) electrons. The van der Waals surface area contributed by atoms with Gasteiger partial charge in [-0.15, -0.1) is 0 Å². The van der Waals surface area contributed by atoms with Gasteiger partial charge >= 0.3 is 0 Å². The van der Waals surface area contributed by atoms with Gasteiger partial charge in [0.1, 0.15) is 5.82 Å². The van der Waals surface area contributed by atoms with Crippen LogP contribution in [0.4, 0.5) is 4.39 Å². The number of carbonyl (C=O) groups excluding carboxylic acids is 1. The number of likely N-dealkylation sites (tertiary alicyclic amines) is 1. The second-order valence-electron chi connectivity index (χ2n) is 7.16. The first-order chi connectivity index (χ1) is 14.0. The first-order valence-electron chi connectivity index (χ1n) is 10.3. The lowest BCUT2D eigenvalue weighted by Crippen LogP contribution is -2.50.